The van der Waals surface area contributed by atoms with Gasteiger partial charge in [0, 0.05) is 20.0 Å². The predicted octanol–water partition coefficient (Wildman–Crippen LogP) is 3.20. The van der Waals surface area contributed by atoms with Crippen LogP contribution in [0.4, 0.5) is 17.3 Å². The SMILES string of the molecule is CNc1c([N+](=O)[O-])ncc(Oc2cnn3cc(N(C)C(=O)C4CC4)nc(C)c23)c1Cl. The third-order valence-electron chi connectivity index (χ3n) is 4.83. The van der Waals surface area contributed by atoms with Crippen LogP contribution in [0.5, 0.6) is 11.5 Å². The van der Waals surface area contributed by atoms with Crippen LogP contribution in [0.25, 0.3) is 5.52 Å². The molecule has 3 heterocycles. The summed E-state index contributed by atoms with van der Waals surface area (Å²) in [6, 6.07) is 0. The van der Waals surface area contributed by atoms with Gasteiger partial charge in [-0.1, -0.05) is 11.6 Å². The molecule has 1 fully saturated rings. The van der Waals surface area contributed by atoms with Crippen LogP contribution in [0.15, 0.2) is 18.6 Å². The third-order valence-corrected chi connectivity index (χ3v) is 5.21. The summed E-state index contributed by atoms with van der Waals surface area (Å²) in [6.07, 6.45) is 6.12. The van der Waals surface area contributed by atoms with E-state index >= 15 is 0 Å². The van der Waals surface area contributed by atoms with Gasteiger partial charge in [-0.2, -0.15) is 5.10 Å². The van der Waals surface area contributed by atoms with Crippen LogP contribution >= 0.6 is 11.6 Å². The highest BCUT2D eigenvalue weighted by Crippen LogP contribution is 2.40. The highest BCUT2D eigenvalue weighted by molar-refractivity contribution is 6.35. The first kappa shape index (κ1) is 19.8. The molecule has 1 aliphatic carbocycles. The molecule has 0 radical (unpaired) electrons. The van der Waals surface area contributed by atoms with Gasteiger partial charge in [0.15, 0.2) is 29.2 Å². The Bertz CT molecular complexity index is 1180. The number of aryl methyl sites for hydroxylation is 1. The van der Waals surface area contributed by atoms with Gasteiger partial charge in [0.25, 0.3) is 0 Å². The first-order valence-electron chi connectivity index (χ1n) is 9.12. The number of nitrogens with zero attached hydrogens (tertiary/aromatic N) is 6. The van der Waals surface area contributed by atoms with Crippen molar-refractivity contribution in [2.24, 2.45) is 5.92 Å². The molecule has 1 N–H and O–H groups in total. The highest BCUT2D eigenvalue weighted by Gasteiger charge is 2.33. The minimum absolute atomic E-state index is 0.0237. The summed E-state index contributed by atoms with van der Waals surface area (Å²) in [4.78, 5) is 32.7. The summed E-state index contributed by atoms with van der Waals surface area (Å²) < 4.78 is 7.42. The summed E-state index contributed by atoms with van der Waals surface area (Å²) >= 11 is 6.28. The van der Waals surface area contributed by atoms with Gasteiger partial charge in [-0.3, -0.25) is 9.69 Å². The van der Waals surface area contributed by atoms with E-state index in [4.69, 9.17) is 16.3 Å². The first-order valence-corrected chi connectivity index (χ1v) is 9.50. The van der Waals surface area contributed by atoms with Crippen LogP contribution in [0.2, 0.25) is 5.02 Å². The van der Waals surface area contributed by atoms with Crippen molar-refractivity contribution in [3.63, 3.8) is 0 Å². The number of pyridine rings is 1. The van der Waals surface area contributed by atoms with Gasteiger partial charge >= 0.3 is 5.82 Å². The lowest BCUT2D eigenvalue weighted by Gasteiger charge is -2.17. The molecule has 0 bridgehead atoms. The number of amides is 1. The number of carbonyl (C=O) groups is 1. The Morgan fingerprint density at radius 1 is 1.40 bits per heavy atom. The summed E-state index contributed by atoms with van der Waals surface area (Å²) in [6.45, 7) is 1.78. The second-order valence-electron chi connectivity index (χ2n) is 6.90. The van der Waals surface area contributed by atoms with E-state index in [-0.39, 0.29) is 28.3 Å². The highest BCUT2D eigenvalue weighted by atomic mass is 35.5. The maximum Gasteiger partial charge on any atom is 0.388 e. The van der Waals surface area contributed by atoms with Crippen molar-refractivity contribution in [2.45, 2.75) is 19.8 Å². The summed E-state index contributed by atoms with van der Waals surface area (Å²) in [5, 5.41) is 18.1. The van der Waals surface area contributed by atoms with Gasteiger partial charge in [0.2, 0.25) is 5.91 Å². The molecule has 0 unspecified atom stereocenters. The normalized spacial score (nSPS) is 13.3. The number of hydrogen-bond donors (Lipinski definition) is 1. The number of aromatic nitrogens is 4. The fraction of sp³-hybridized carbons (Fsp3) is 0.333. The fourth-order valence-electron chi connectivity index (χ4n) is 3.12. The number of hydrogen-bond acceptors (Lipinski definition) is 8. The van der Waals surface area contributed by atoms with Crippen molar-refractivity contribution in [1.29, 1.82) is 0 Å². The third kappa shape index (κ3) is 3.36. The quantitative estimate of drug-likeness (QED) is 0.465. The van der Waals surface area contributed by atoms with E-state index in [1.165, 1.54) is 24.3 Å². The Morgan fingerprint density at radius 2 is 2.13 bits per heavy atom. The molecule has 0 saturated heterocycles. The predicted molar refractivity (Wildman–Crippen MR) is 109 cm³/mol. The zero-order valence-electron chi connectivity index (χ0n) is 16.4. The lowest BCUT2D eigenvalue weighted by Crippen LogP contribution is -2.29. The topological polar surface area (TPSA) is 128 Å². The average molecular weight is 432 g/mol. The minimum atomic E-state index is -0.633. The van der Waals surface area contributed by atoms with E-state index in [0.717, 1.165) is 12.8 Å². The maximum atomic E-state index is 12.3. The molecule has 1 aliphatic rings. The largest absolute Gasteiger partial charge is 0.448 e. The summed E-state index contributed by atoms with van der Waals surface area (Å²) in [5.41, 5.74) is 1.22. The molecule has 30 heavy (non-hydrogen) atoms. The standard InChI is InChI=1S/C18H18ClN7O4/c1-9-16-12(30-11-6-21-17(26(28)29)15(20-2)14(11)19)7-22-25(16)8-13(23-9)24(3)18(27)10-4-5-10/h6-8,10,20H,4-5H2,1-3H3. The number of fused-ring (bicyclic) bond motifs is 1. The fourth-order valence-corrected chi connectivity index (χ4v) is 3.38. The molecule has 0 aromatic carbocycles. The van der Waals surface area contributed by atoms with Crippen LogP contribution in [-0.2, 0) is 4.79 Å². The van der Waals surface area contributed by atoms with E-state index in [1.807, 2.05) is 0 Å². The number of halogens is 1. The van der Waals surface area contributed by atoms with E-state index in [9.17, 15) is 14.9 Å². The van der Waals surface area contributed by atoms with Crippen LogP contribution in [-0.4, -0.2) is 44.5 Å². The van der Waals surface area contributed by atoms with Gasteiger partial charge in [-0.25, -0.2) is 9.50 Å². The maximum absolute atomic E-state index is 12.3. The minimum Gasteiger partial charge on any atom is -0.448 e. The van der Waals surface area contributed by atoms with Crippen LogP contribution in [0.1, 0.15) is 18.5 Å². The lowest BCUT2D eigenvalue weighted by atomic mass is 10.3. The van der Waals surface area contributed by atoms with E-state index < -0.39 is 10.7 Å². The number of carbonyl (C=O) groups excluding carboxylic acids is 1. The number of nitro groups is 1. The molecule has 3 aromatic heterocycles. The molecule has 0 atom stereocenters. The number of nitrogens with one attached hydrogen (secondary N) is 1. The molecular weight excluding hydrogens is 414 g/mol. The zero-order chi connectivity index (χ0) is 21.6. The van der Waals surface area contributed by atoms with Gasteiger partial charge in [-0.05, 0) is 29.7 Å². The molecule has 0 aliphatic heterocycles. The second kappa shape index (κ2) is 7.41. The average Bonchev–Trinajstić information content (AvgIpc) is 3.49. The van der Waals surface area contributed by atoms with Crippen molar-refractivity contribution in [1.82, 2.24) is 19.6 Å². The Labute approximate surface area is 175 Å². The Kier molecular flexibility index (Phi) is 4.90. The summed E-state index contributed by atoms with van der Waals surface area (Å²) in [7, 11) is 3.20. The van der Waals surface area contributed by atoms with Gasteiger partial charge < -0.3 is 20.2 Å². The lowest BCUT2D eigenvalue weighted by molar-refractivity contribution is -0.388. The Morgan fingerprint density at radius 3 is 2.77 bits per heavy atom. The molecule has 12 heteroatoms. The number of anilines is 2. The van der Waals surface area contributed by atoms with Crippen molar-refractivity contribution >= 4 is 40.3 Å². The van der Waals surface area contributed by atoms with Gasteiger partial charge in [0.1, 0.15) is 10.5 Å². The number of ether oxygens (including phenoxy) is 1. The number of rotatable bonds is 6. The Hall–Kier alpha value is -3.47. The van der Waals surface area contributed by atoms with Gasteiger partial charge in [0.05, 0.1) is 18.1 Å². The molecule has 11 nitrogen and oxygen atoms in total. The van der Waals surface area contributed by atoms with E-state index in [1.54, 1.807) is 24.7 Å². The van der Waals surface area contributed by atoms with Gasteiger partial charge in [-0.15, -0.1) is 0 Å². The summed E-state index contributed by atoms with van der Waals surface area (Å²) in [5.74, 6) is 0.670. The zero-order valence-corrected chi connectivity index (χ0v) is 17.2. The van der Waals surface area contributed by atoms with Crippen molar-refractivity contribution in [2.75, 3.05) is 24.3 Å². The Balaban J connectivity index is 1.69. The van der Waals surface area contributed by atoms with Crippen LogP contribution < -0.4 is 15.0 Å². The second-order valence-corrected chi connectivity index (χ2v) is 7.28. The van der Waals surface area contributed by atoms with E-state index in [0.29, 0.717) is 22.8 Å². The van der Waals surface area contributed by atoms with Crippen LogP contribution in [0.3, 0.4) is 0 Å². The molecule has 4 rings (SSSR count). The molecule has 3 aromatic rings. The molecule has 1 amide bonds. The molecule has 156 valence electrons. The monoisotopic (exact) mass is 431 g/mol. The van der Waals surface area contributed by atoms with Crippen molar-refractivity contribution in [3.05, 3.63) is 39.4 Å². The van der Waals surface area contributed by atoms with Crippen molar-refractivity contribution in [3.8, 4) is 11.5 Å². The van der Waals surface area contributed by atoms with Crippen molar-refractivity contribution < 1.29 is 14.5 Å². The van der Waals surface area contributed by atoms with Crippen LogP contribution in [0, 0.1) is 23.0 Å². The smallest absolute Gasteiger partial charge is 0.388 e. The first-order chi connectivity index (χ1) is 14.3. The van der Waals surface area contributed by atoms with E-state index in [2.05, 4.69) is 20.4 Å². The molecule has 0 spiro atoms. The molecule has 1 saturated carbocycles. The molecular formula is C18H18ClN7O4.